The molecule has 1 aromatic carbocycles. The Hall–Kier alpha value is -1.84. The molecule has 0 radical (unpaired) electrons. The zero-order valence-electron chi connectivity index (χ0n) is 23.8. The van der Waals surface area contributed by atoms with Gasteiger partial charge in [-0.2, -0.15) is 0 Å². The van der Waals surface area contributed by atoms with Gasteiger partial charge >= 0.3 is 0 Å². The number of carbonyl (C=O) groups is 1. The molecule has 2 rings (SSSR count). The van der Waals surface area contributed by atoms with Gasteiger partial charge in [0.05, 0.1) is 11.0 Å². The summed E-state index contributed by atoms with van der Waals surface area (Å²) in [4.78, 5) is 16.7. The molecule has 0 bridgehead atoms. The number of amides is 1. The molecule has 0 saturated heterocycles. The van der Waals surface area contributed by atoms with E-state index in [9.17, 15) is 4.79 Å². The minimum absolute atomic E-state index is 0.0458. The summed E-state index contributed by atoms with van der Waals surface area (Å²) in [6, 6.07) is 8.49. The maximum absolute atomic E-state index is 11.8. The van der Waals surface area contributed by atoms with Gasteiger partial charge in [0.2, 0.25) is 5.91 Å². The second kappa shape index (κ2) is 19.3. The first-order chi connectivity index (χ1) is 17.6. The van der Waals surface area contributed by atoms with Crippen molar-refractivity contribution in [1.82, 2.24) is 14.9 Å². The molecule has 0 unspecified atom stereocenters. The fourth-order valence-electron chi connectivity index (χ4n) is 5.05. The quantitative estimate of drug-likeness (QED) is 0.165. The van der Waals surface area contributed by atoms with Crippen LogP contribution in [-0.4, -0.2) is 22.0 Å². The molecule has 4 nitrogen and oxygen atoms in total. The molecule has 0 saturated carbocycles. The summed E-state index contributed by atoms with van der Waals surface area (Å²) in [7, 11) is 0. The monoisotopic (exact) mass is 497 g/mol. The number of rotatable bonds is 22. The van der Waals surface area contributed by atoms with E-state index in [2.05, 4.69) is 41.1 Å². The number of benzene rings is 1. The van der Waals surface area contributed by atoms with Crippen molar-refractivity contribution in [2.45, 2.75) is 143 Å². The second-order valence-electron chi connectivity index (χ2n) is 11.0. The highest BCUT2D eigenvalue weighted by Gasteiger charge is 2.11. The van der Waals surface area contributed by atoms with Crippen LogP contribution in [0.4, 0.5) is 0 Å². The smallest absolute Gasteiger partial charge is 0.222 e. The van der Waals surface area contributed by atoms with Gasteiger partial charge in [-0.25, -0.2) is 4.98 Å². The van der Waals surface area contributed by atoms with Gasteiger partial charge in [0.25, 0.3) is 0 Å². The number of nitrogens with one attached hydrogen (secondary N) is 1. The lowest BCUT2D eigenvalue weighted by atomic mass is 10.0. The van der Waals surface area contributed by atoms with Crippen molar-refractivity contribution in [2.75, 3.05) is 6.54 Å². The first-order valence-corrected chi connectivity index (χ1v) is 15.3. The Morgan fingerprint density at radius 1 is 0.778 bits per heavy atom. The number of imidazole rings is 1. The number of fused-ring (bicyclic) bond motifs is 1. The molecule has 1 aromatic heterocycles. The third kappa shape index (κ3) is 12.4. The van der Waals surface area contributed by atoms with E-state index in [4.69, 9.17) is 4.98 Å². The van der Waals surface area contributed by atoms with Crippen LogP contribution in [0.3, 0.4) is 0 Å². The topological polar surface area (TPSA) is 46.9 Å². The number of unbranched alkanes of at least 4 members (excludes halogenated alkanes) is 15. The van der Waals surface area contributed by atoms with Crippen molar-refractivity contribution in [1.29, 1.82) is 0 Å². The molecule has 0 aliphatic carbocycles. The summed E-state index contributed by atoms with van der Waals surface area (Å²) in [5.74, 6) is 1.34. The summed E-state index contributed by atoms with van der Waals surface area (Å²) < 4.78 is 2.42. The lowest BCUT2D eigenvalue weighted by Crippen LogP contribution is -2.28. The van der Waals surface area contributed by atoms with E-state index in [-0.39, 0.29) is 11.8 Å². The largest absolute Gasteiger partial charge is 0.356 e. The van der Waals surface area contributed by atoms with Crippen LogP contribution in [-0.2, 0) is 17.8 Å². The van der Waals surface area contributed by atoms with Crippen LogP contribution in [0.2, 0.25) is 0 Å². The zero-order valence-corrected chi connectivity index (χ0v) is 23.8. The zero-order chi connectivity index (χ0) is 25.8. The first-order valence-electron chi connectivity index (χ1n) is 15.3. The summed E-state index contributed by atoms with van der Waals surface area (Å²) in [5.41, 5.74) is 2.34. The summed E-state index contributed by atoms with van der Waals surface area (Å²) in [6.45, 7) is 7.94. The molecular weight excluding hydrogens is 442 g/mol. The van der Waals surface area contributed by atoms with E-state index in [0.717, 1.165) is 37.3 Å². The summed E-state index contributed by atoms with van der Waals surface area (Å²) in [6.07, 6.45) is 24.2. The Morgan fingerprint density at radius 2 is 1.31 bits per heavy atom. The van der Waals surface area contributed by atoms with E-state index in [1.54, 1.807) is 0 Å². The minimum Gasteiger partial charge on any atom is -0.356 e. The number of hydrogen-bond donors (Lipinski definition) is 1. The minimum atomic E-state index is 0.0458. The van der Waals surface area contributed by atoms with E-state index in [1.165, 1.54) is 108 Å². The molecule has 1 heterocycles. The normalized spacial score (nSPS) is 11.6. The number of nitrogens with zero attached hydrogens (tertiary/aromatic N) is 2. The number of aromatic nitrogens is 2. The third-order valence-electron chi connectivity index (χ3n) is 7.37. The number of hydrogen-bond acceptors (Lipinski definition) is 2. The number of carbonyl (C=O) groups excluding carboxylic acids is 1. The molecule has 1 amide bonds. The van der Waals surface area contributed by atoms with E-state index in [0.29, 0.717) is 0 Å². The molecular formula is C32H55N3O. The van der Waals surface area contributed by atoms with Gasteiger partial charge in [-0.05, 0) is 25.0 Å². The predicted molar refractivity (Wildman–Crippen MR) is 155 cm³/mol. The highest BCUT2D eigenvalue weighted by Crippen LogP contribution is 2.19. The molecule has 0 atom stereocenters. The van der Waals surface area contributed by atoms with Crippen LogP contribution >= 0.6 is 0 Å². The highest BCUT2D eigenvalue weighted by atomic mass is 16.1. The molecule has 0 fully saturated rings. The van der Waals surface area contributed by atoms with Crippen LogP contribution < -0.4 is 5.32 Å². The number of aryl methyl sites for hydroxylation is 2. The van der Waals surface area contributed by atoms with E-state index < -0.39 is 0 Å². The van der Waals surface area contributed by atoms with Crippen LogP contribution in [0.1, 0.15) is 136 Å². The average molecular weight is 498 g/mol. The Labute approximate surface area is 222 Å². The van der Waals surface area contributed by atoms with Gasteiger partial charge in [-0.3, -0.25) is 4.79 Å². The highest BCUT2D eigenvalue weighted by molar-refractivity contribution is 5.77. The second-order valence-corrected chi connectivity index (χ2v) is 11.0. The molecule has 2 aromatic rings. The molecule has 1 N–H and O–H groups in total. The van der Waals surface area contributed by atoms with Crippen molar-refractivity contribution in [3.8, 4) is 0 Å². The van der Waals surface area contributed by atoms with Gasteiger partial charge in [0, 0.05) is 25.4 Å². The van der Waals surface area contributed by atoms with Crippen LogP contribution in [0, 0.1) is 5.92 Å². The van der Waals surface area contributed by atoms with Crippen LogP contribution in [0.15, 0.2) is 24.3 Å². The van der Waals surface area contributed by atoms with Crippen LogP contribution in [0.5, 0.6) is 0 Å². The van der Waals surface area contributed by atoms with Gasteiger partial charge in [0.15, 0.2) is 0 Å². The van der Waals surface area contributed by atoms with Crippen molar-refractivity contribution in [3.63, 3.8) is 0 Å². The fourth-order valence-corrected chi connectivity index (χ4v) is 5.05. The Bertz CT molecular complexity index is 826. The Morgan fingerprint density at radius 3 is 1.86 bits per heavy atom. The molecule has 0 spiro atoms. The third-order valence-corrected chi connectivity index (χ3v) is 7.37. The molecule has 4 heteroatoms. The van der Waals surface area contributed by atoms with E-state index in [1.807, 2.05) is 13.8 Å². The van der Waals surface area contributed by atoms with Gasteiger partial charge in [-0.15, -0.1) is 0 Å². The van der Waals surface area contributed by atoms with Crippen molar-refractivity contribution in [3.05, 3.63) is 30.1 Å². The van der Waals surface area contributed by atoms with Crippen molar-refractivity contribution < 1.29 is 4.79 Å². The Balaban J connectivity index is 1.55. The summed E-state index contributed by atoms with van der Waals surface area (Å²) in [5, 5.41) is 3.03. The average Bonchev–Trinajstić information content (AvgIpc) is 3.23. The fraction of sp³-hybridized carbons (Fsp3) is 0.750. The molecule has 0 aliphatic heterocycles. The van der Waals surface area contributed by atoms with Gasteiger partial charge < -0.3 is 9.88 Å². The predicted octanol–water partition coefficient (Wildman–Crippen LogP) is 9.00. The maximum atomic E-state index is 11.8. The lowest BCUT2D eigenvalue weighted by molar-refractivity contribution is -0.123. The van der Waals surface area contributed by atoms with E-state index >= 15 is 0 Å². The van der Waals surface area contributed by atoms with Gasteiger partial charge in [-0.1, -0.05) is 129 Å². The van der Waals surface area contributed by atoms with Gasteiger partial charge in [0.1, 0.15) is 5.82 Å². The first kappa shape index (κ1) is 30.4. The molecule has 36 heavy (non-hydrogen) atoms. The van der Waals surface area contributed by atoms with Crippen molar-refractivity contribution in [2.24, 2.45) is 5.92 Å². The SMILES string of the molecule is CCCCCCCCCCCCCCCCCCn1c(CCCNC(=O)C(C)C)nc2ccccc21. The summed E-state index contributed by atoms with van der Waals surface area (Å²) >= 11 is 0. The van der Waals surface area contributed by atoms with Crippen LogP contribution in [0.25, 0.3) is 11.0 Å². The van der Waals surface area contributed by atoms with Crippen molar-refractivity contribution >= 4 is 16.9 Å². The lowest BCUT2D eigenvalue weighted by Gasteiger charge is -2.10. The Kier molecular flexibility index (Phi) is 16.3. The molecule has 0 aliphatic rings. The number of para-hydroxylation sites is 2. The molecule has 204 valence electrons. The maximum Gasteiger partial charge on any atom is 0.222 e. The standard InChI is InChI=1S/C32H55N3O/c1-4-5-6-7-8-9-10-11-12-13-14-15-16-17-18-21-27-35-30-24-20-19-23-29(30)34-31(35)25-22-26-33-32(36)28(2)3/h19-20,23-24,28H,4-18,21-22,25-27H2,1-3H3,(H,33,36).